The van der Waals surface area contributed by atoms with Crippen molar-refractivity contribution < 1.29 is 9.53 Å². The predicted octanol–water partition coefficient (Wildman–Crippen LogP) is 2.48. The van der Waals surface area contributed by atoms with Crippen LogP contribution < -0.4 is 0 Å². The van der Waals surface area contributed by atoms with Gasteiger partial charge in [-0.25, -0.2) is 4.79 Å². The molecule has 1 aromatic carbocycles. The number of esters is 1. The van der Waals surface area contributed by atoms with Gasteiger partial charge in [0.15, 0.2) is 0 Å². The van der Waals surface area contributed by atoms with Gasteiger partial charge in [-0.05, 0) is 40.3 Å². The number of carbonyl (C=O) groups excluding carboxylic acids is 1. The number of hydrogen-bond acceptors (Lipinski definition) is 2. The Morgan fingerprint density at radius 2 is 2.15 bits per heavy atom. The molecule has 0 saturated carbocycles. The highest BCUT2D eigenvalue weighted by Crippen LogP contribution is 2.12. The summed E-state index contributed by atoms with van der Waals surface area (Å²) in [7, 11) is 1.36. The Labute approximate surface area is 90.7 Å². The van der Waals surface area contributed by atoms with E-state index in [9.17, 15) is 4.79 Å². The molecular weight excluding hydrogens is 279 g/mol. The van der Waals surface area contributed by atoms with Crippen LogP contribution in [-0.2, 0) is 9.53 Å². The zero-order valence-corrected chi connectivity index (χ0v) is 9.32. The lowest BCUT2D eigenvalue weighted by atomic mass is 10.2. The summed E-state index contributed by atoms with van der Waals surface area (Å²) in [6, 6.07) is 7.81. The van der Waals surface area contributed by atoms with Crippen LogP contribution in [0.15, 0.2) is 30.3 Å². The second kappa shape index (κ2) is 5.01. The maximum Gasteiger partial charge on any atom is 0.330 e. The Hall–Kier alpha value is -0.840. The minimum Gasteiger partial charge on any atom is -0.466 e. The van der Waals surface area contributed by atoms with E-state index in [1.807, 2.05) is 24.3 Å². The SMILES string of the molecule is COC(=O)C=Cc1ccccc1I. The van der Waals surface area contributed by atoms with Gasteiger partial charge in [0.1, 0.15) is 0 Å². The fourth-order valence-corrected chi connectivity index (χ4v) is 1.40. The van der Waals surface area contributed by atoms with Gasteiger partial charge in [0, 0.05) is 9.65 Å². The van der Waals surface area contributed by atoms with Crippen LogP contribution in [-0.4, -0.2) is 13.1 Å². The molecule has 0 N–H and O–H groups in total. The molecule has 0 spiro atoms. The number of halogens is 1. The Balaban J connectivity index is 2.80. The van der Waals surface area contributed by atoms with Crippen molar-refractivity contribution >= 4 is 34.6 Å². The van der Waals surface area contributed by atoms with Gasteiger partial charge in [0.05, 0.1) is 7.11 Å². The molecule has 0 heterocycles. The van der Waals surface area contributed by atoms with Gasteiger partial charge in [-0.15, -0.1) is 0 Å². The first-order chi connectivity index (χ1) is 6.24. The predicted molar refractivity (Wildman–Crippen MR) is 60.2 cm³/mol. The summed E-state index contributed by atoms with van der Waals surface area (Å²) >= 11 is 2.22. The first-order valence-electron chi connectivity index (χ1n) is 3.74. The standard InChI is InChI=1S/C10H9IO2/c1-13-10(12)7-6-8-4-2-3-5-9(8)11/h2-7H,1H3. The number of methoxy groups -OCH3 is 1. The zero-order chi connectivity index (χ0) is 9.68. The molecule has 0 aliphatic carbocycles. The van der Waals surface area contributed by atoms with Gasteiger partial charge in [-0.2, -0.15) is 0 Å². The topological polar surface area (TPSA) is 26.3 Å². The molecule has 2 nitrogen and oxygen atoms in total. The van der Waals surface area contributed by atoms with Gasteiger partial charge in [-0.1, -0.05) is 18.2 Å². The van der Waals surface area contributed by atoms with Crippen molar-refractivity contribution in [1.29, 1.82) is 0 Å². The average Bonchev–Trinajstić information content (AvgIpc) is 2.16. The zero-order valence-electron chi connectivity index (χ0n) is 7.16. The van der Waals surface area contributed by atoms with Crippen molar-refractivity contribution in [3.63, 3.8) is 0 Å². The third-order valence-electron chi connectivity index (χ3n) is 1.51. The van der Waals surface area contributed by atoms with Crippen molar-refractivity contribution in [2.75, 3.05) is 7.11 Å². The highest BCUT2D eigenvalue weighted by Gasteiger charge is 1.94. The fraction of sp³-hybridized carbons (Fsp3) is 0.100. The molecule has 0 atom stereocenters. The van der Waals surface area contributed by atoms with E-state index >= 15 is 0 Å². The molecule has 0 aromatic heterocycles. The van der Waals surface area contributed by atoms with Crippen LogP contribution in [0.25, 0.3) is 6.08 Å². The number of carbonyl (C=O) groups is 1. The minimum atomic E-state index is -0.334. The maximum absolute atomic E-state index is 10.8. The van der Waals surface area contributed by atoms with Crippen molar-refractivity contribution in [3.05, 3.63) is 39.5 Å². The van der Waals surface area contributed by atoms with E-state index in [-0.39, 0.29) is 5.97 Å². The van der Waals surface area contributed by atoms with Crippen molar-refractivity contribution in [3.8, 4) is 0 Å². The van der Waals surface area contributed by atoms with Crippen LogP contribution in [0.2, 0.25) is 0 Å². The third-order valence-corrected chi connectivity index (χ3v) is 2.49. The van der Waals surface area contributed by atoms with Crippen LogP contribution in [0, 0.1) is 3.57 Å². The molecule has 0 fully saturated rings. The second-order valence-electron chi connectivity index (χ2n) is 2.38. The lowest BCUT2D eigenvalue weighted by Gasteiger charge is -1.96. The van der Waals surface area contributed by atoms with Gasteiger partial charge in [0.25, 0.3) is 0 Å². The van der Waals surface area contributed by atoms with E-state index in [1.54, 1.807) is 6.08 Å². The second-order valence-corrected chi connectivity index (χ2v) is 3.54. The maximum atomic E-state index is 10.8. The van der Waals surface area contributed by atoms with Crippen LogP contribution in [0.5, 0.6) is 0 Å². The van der Waals surface area contributed by atoms with E-state index in [0.717, 1.165) is 9.13 Å². The molecule has 0 saturated heterocycles. The van der Waals surface area contributed by atoms with E-state index < -0.39 is 0 Å². The molecule has 3 heteroatoms. The first-order valence-corrected chi connectivity index (χ1v) is 4.82. The minimum absolute atomic E-state index is 0.334. The smallest absolute Gasteiger partial charge is 0.330 e. The van der Waals surface area contributed by atoms with Gasteiger partial charge < -0.3 is 4.74 Å². The summed E-state index contributed by atoms with van der Waals surface area (Å²) in [6.45, 7) is 0. The molecular formula is C10H9IO2. The summed E-state index contributed by atoms with van der Waals surface area (Å²) in [5.41, 5.74) is 1.02. The molecule has 0 aliphatic heterocycles. The molecule has 0 unspecified atom stereocenters. The first kappa shape index (κ1) is 10.2. The summed E-state index contributed by atoms with van der Waals surface area (Å²) in [5.74, 6) is -0.334. The summed E-state index contributed by atoms with van der Waals surface area (Å²) in [6.07, 6.45) is 3.16. The Bertz CT molecular complexity index is 331. The van der Waals surface area contributed by atoms with Gasteiger partial charge in [0.2, 0.25) is 0 Å². The molecule has 68 valence electrons. The number of hydrogen-bond donors (Lipinski definition) is 0. The highest BCUT2D eigenvalue weighted by molar-refractivity contribution is 14.1. The molecule has 0 aliphatic rings. The summed E-state index contributed by atoms with van der Waals surface area (Å²) < 4.78 is 5.59. The van der Waals surface area contributed by atoms with Crippen molar-refractivity contribution in [2.45, 2.75) is 0 Å². The normalized spacial score (nSPS) is 10.3. The lowest BCUT2D eigenvalue weighted by molar-refractivity contribution is -0.134. The van der Waals surface area contributed by atoms with E-state index in [0.29, 0.717) is 0 Å². The van der Waals surface area contributed by atoms with Crippen molar-refractivity contribution in [1.82, 2.24) is 0 Å². The van der Waals surface area contributed by atoms with Crippen molar-refractivity contribution in [2.24, 2.45) is 0 Å². The molecule has 0 radical (unpaired) electrons. The van der Waals surface area contributed by atoms with Gasteiger partial charge in [-0.3, -0.25) is 0 Å². The largest absolute Gasteiger partial charge is 0.466 e. The number of rotatable bonds is 2. The average molecular weight is 288 g/mol. The quantitative estimate of drug-likeness (QED) is 0.475. The van der Waals surface area contributed by atoms with Crippen LogP contribution in [0.3, 0.4) is 0 Å². The monoisotopic (exact) mass is 288 g/mol. The summed E-state index contributed by atoms with van der Waals surface area (Å²) in [5, 5.41) is 0. The molecule has 1 aromatic rings. The van der Waals surface area contributed by atoms with E-state index in [2.05, 4.69) is 27.3 Å². The molecule has 13 heavy (non-hydrogen) atoms. The fourth-order valence-electron chi connectivity index (χ4n) is 0.836. The summed E-state index contributed by atoms with van der Waals surface area (Å²) in [4.78, 5) is 10.8. The lowest BCUT2D eigenvalue weighted by Crippen LogP contribution is -1.93. The number of benzene rings is 1. The van der Waals surface area contributed by atoms with Crippen LogP contribution >= 0.6 is 22.6 Å². The molecule has 1 rings (SSSR count). The Morgan fingerprint density at radius 3 is 2.77 bits per heavy atom. The van der Waals surface area contributed by atoms with Crippen LogP contribution in [0.4, 0.5) is 0 Å². The van der Waals surface area contributed by atoms with E-state index in [4.69, 9.17) is 0 Å². The molecule has 0 bridgehead atoms. The van der Waals surface area contributed by atoms with E-state index in [1.165, 1.54) is 13.2 Å². The molecule has 0 amide bonds. The van der Waals surface area contributed by atoms with Crippen LogP contribution in [0.1, 0.15) is 5.56 Å². The third kappa shape index (κ3) is 3.18. The highest BCUT2D eigenvalue weighted by atomic mass is 127. The Morgan fingerprint density at radius 1 is 1.46 bits per heavy atom. The number of ether oxygens (including phenoxy) is 1. The Kier molecular flexibility index (Phi) is 3.95. The van der Waals surface area contributed by atoms with Gasteiger partial charge >= 0.3 is 5.97 Å².